The first-order valence-corrected chi connectivity index (χ1v) is 6.34. The molecule has 2 rings (SSSR count). The quantitative estimate of drug-likeness (QED) is 0.789. The smallest absolute Gasteiger partial charge is 0.293 e. The molecule has 0 radical (unpaired) electrons. The summed E-state index contributed by atoms with van der Waals surface area (Å²) in [5.74, 6) is 0.731. The van der Waals surface area contributed by atoms with Crippen LogP contribution in [0, 0.1) is 0 Å². The van der Waals surface area contributed by atoms with E-state index in [9.17, 15) is 4.79 Å². The fraction of sp³-hybridized carbons (Fsp3) is 0.692. The number of H-pyrrole nitrogens is 1. The molecule has 1 aromatic heterocycles. The summed E-state index contributed by atoms with van der Waals surface area (Å²) in [4.78, 5) is 9.60. The minimum absolute atomic E-state index is 0.318. The average molecular weight is 253 g/mol. The monoisotopic (exact) mass is 253 g/mol. The van der Waals surface area contributed by atoms with Crippen molar-refractivity contribution in [2.45, 2.75) is 45.1 Å². The van der Waals surface area contributed by atoms with Crippen molar-refractivity contribution < 1.29 is 9.53 Å². The van der Waals surface area contributed by atoms with Gasteiger partial charge < -0.3 is 10.1 Å². The number of aromatic amines is 1. The van der Waals surface area contributed by atoms with Crippen LogP contribution in [-0.4, -0.2) is 35.4 Å². The number of carbonyl (C=O) groups is 1. The molecular formula is C13H23N3O2. The molecule has 1 saturated heterocycles. The van der Waals surface area contributed by atoms with Crippen LogP contribution in [0.1, 0.15) is 45.1 Å². The Balaban J connectivity index is 0.000000203. The van der Waals surface area contributed by atoms with Crippen LogP contribution in [0.15, 0.2) is 12.4 Å². The van der Waals surface area contributed by atoms with Crippen LogP contribution in [-0.2, 0) is 9.53 Å². The van der Waals surface area contributed by atoms with Crippen molar-refractivity contribution in [1.82, 2.24) is 15.5 Å². The largest absolute Gasteiger partial charge is 0.462 e. The number of carbonyl (C=O) groups excluding carboxylic acids is 1. The molecule has 0 bridgehead atoms. The Morgan fingerprint density at radius 3 is 2.44 bits per heavy atom. The number of nitrogens with zero attached hydrogens (tertiary/aromatic N) is 1. The number of nitrogens with one attached hydrogen (secondary N) is 2. The van der Waals surface area contributed by atoms with E-state index in [1.54, 1.807) is 0 Å². The molecule has 0 saturated carbocycles. The highest BCUT2D eigenvalue weighted by Gasteiger charge is 2.15. The van der Waals surface area contributed by atoms with E-state index in [2.05, 4.69) is 20.3 Å². The van der Waals surface area contributed by atoms with Gasteiger partial charge in [0.05, 0.1) is 6.20 Å². The summed E-state index contributed by atoms with van der Waals surface area (Å²) in [7, 11) is 0. The van der Waals surface area contributed by atoms with Gasteiger partial charge in [-0.25, -0.2) is 0 Å². The van der Waals surface area contributed by atoms with Crippen LogP contribution in [0.2, 0.25) is 0 Å². The Morgan fingerprint density at radius 1 is 1.39 bits per heavy atom. The first kappa shape index (κ1) is 14.7. The molecule has 1 aliphatic heterocycles. The Bertz CT molecular complexity index is 325. The highest BCUT2D eigenvalue weighted by Crippen LogP contribution is 2.23. The molecule has 5 nitrogen and oxygen atoms in total. The van der Waals surface area contributed by atoms with Gasteiger partial charge in [-0.2, -0.15) is 5.10 Å². The van der Waals surface area contributed by atoms with E-state index in [-0.39, 0.29) is 5.60 Å². The van der Waals surface area contributed by atoms with Crippen molar-refractivity contribution >= 4 is 6.47 Å². The van der Waals surface area contributed by atoms with Crippen molar-refractivity contribution in [3.8, 4) is 0 Å². The number of rotatable bonds is 2. The third-order valence-corrected chi connectivity index (χ3v) is 2.73. The van der Waals surface area contributed by atoms with Crippen molar-refractivity contribution in [3.05, 3.63) is 18.0 Å². The molecule has 2 heterocycles. The molecule has 1 aliphatic rings. The maximum atomic E-state index is 9.60. The molecule has 0 atom stereocenters. The normalized spacial score (nSPS) is 16.6. The average Bonchev–Trinajstić information content (AvgIpc) is 2.83. The van der Waals surface area contributed by atoms with E-state index in [1.165, 1.54) is 18.4 Å². The van der Waals surface area contributed by atoms with E-state index < -0.39 is 0 Å². The number of piperidine rings is 1. The standard InChI is InChI=1S/C8H13N3.C5H10O2/c1-3-9-4-2-7(1)8-5-10-11-6-8;1-5(2,3)7-4-6/h5-7,9H,1-4H2,(H,10,11);4H,1-3H3. The van der Waals surface area contributed by atoms with Crippen LogP contribution in [0.5, 0.6) is 0 Å². The highest BCUT2D eigenvalue weighted by atomic mass is 16.5. The molecule has 1 fully saturated rings. The van der Waals surface area contributed by atoms with Gasteiger partial charge in [-0.1, -0.05) is 0 Å². The molecule has 0 aliphatic carbocycles. The van der Waals surface area contributed by atoms with E-state index >= 15 is 0 Å². The number of hydrogen-bond acceptors (Lipinski definition) is 4. The van der Waals surface area contributed by atoms with E-state index in [0.717, 1.165) is 19.0 Å². The molecule has 0 aromatic carbocycles. The molecule has 18 heavy (non-hydrogen) atoms. The van der Waals surface area contributed by atoms with Crippen molar-refractivity contribution in [2.24, 2.45) is 0 Å². The third-order valence-electron chi connectivity index (χ3n) is 2.73. The van der Waals surface area contributed by atoms with E-state index in [0.29, 0.717) is 6.47 Å². The van der Waals surface area contributed by atoms with Crippen molar-refractivity contribution in [1.29, 1.82) is 0 Å². The van der Waals surface area contributed by atoms with Gasteiger partial charge in [0.2, 0.25) is 0 Å². The second-order valence-corrected chi connectivity index (χ2v) is 5.38. The van der Waals surface area contributed by atoms with Gasteiger partial charge in [-0.15, -0.1) is 0 Å². The second-order valence-electron chi connectivity index (χ2n) is 5.38. The predicted molar refractivity (Wildman–Crippen MR) is 70.3 cm³/mol. The SMILES string of the molecule is CC(C)(C)OC=O.c1n[nH]cc1C1CCNCC1. The molecule has 102 valence electrons. The van der Waals surface area contributed by atoms with E-state index in [1.807, 2.05) is 33.2 Å². The minimum Gasteiger partial charge on any atom is -0.462 e. The molecule has 1 aromatic rings. The van der Waals surface area contributed by atoms with Gasteiger partial charge in [-0.05, 0) is 58.2 Å². The van der Waals surface area contributed by atoms with Crippen molar-refractivity contribution in [3.63, 3.8) is 0 Å². The zero-order valence-corrected chi connectivity index (χ0v) is 11.4. The maximum Gasteiger partial charge on any atom is 0.293 e. The molecule has 0 spiro atoms. The highest BCUT2D eigenvalue weighted by molar-refractivity contribution is 5.37. The van der Waals surface area contributed by atoms with Crippen LogP contribution in [0.4, 0.5) is 0 Å². The number of aromatic nitrogens is 2. The van der Waals surface area contributed by atoms with Gasteiger partial charge >= 0.3 is 0 Å². The van der Waals surface area contributed by atoms with Gasteiger partial charge in [-0.3, -0.25) is 9.89 Å². The Morgan fingerprint density at radius 2 is 2.06 bits per heavy atom. The second kappa shape index (κ2) is 7.16. The summed E-state index contributed by atoms with van der Waals surface area (Å²) in [6, 6.07) is 0. The summed E-state index contributed by atoms with van der Waals surface area (Å²) in [5.41, 5.74) is 1.05. The molecule has 5 heteroatoms. The predicted octanol–water partition coefficient (Wildman–Crippen LogP) is 1.83. The lowest BCUT2D eigenvalue weighted by molar-refractivity contribution is -0.138. The summed E-state index contributed by atoms with van der Waals surface area (Å²) in [5, 5.41) is 10.2. The van der Waals surface area contributed by atoms with Gasteiger partial charge in [0.15, 0.2) is 0 Å². The molecular weight excluding hydrogens is 230 g/mol. The van der Waals surface area contributed by atoms with Crippen LogP contribution >= 0.6 is 0 Å². The fourth-order valence-electron chi connectivity index (χ4n) is 1.78. The number of hydrogen-bond donors (Lipinski definition) is 2. The molecule has 2 N–H and O–H groups in total. The maximum absolute atomic E-state index is 9.60. The Labute approximate surface area is 108 Å². The first-order chi connectivity index (χ1) is 8.53. The lowest BCUT2D eigenvalue weighted by atomic mass is 9.93. The lowest BCUT2D eigenvalue weighted by Crippen LogP contribution is -2.26. The minimum atomic E-state index is -0.318. The van der Waals surface area contributed by atoms with Crippen molar-refractivity contribution in [2.75, 3.05) is 13.1 Å². The molecule has 0 unspecified atom stereocenters. The molecule has 0 amide bonds. The third kappa shape index (κ3) is 5.82. The summed E-state index contributed by atoms with van der Waals surface area (Å²) in [6.45, 7) is 8.22. The summed E-state index contributed by atoms with van der Waals surface area (Å²) >= 11 is 0. The van der Waals surface area contributed by atoms with Gasteiger partial charge in [0.1, 0.15) is 5.60 Å². The fourth-order valence-corrected chi connectivity index (χ4v) is 1.78. The topological polar surface area (TPSA) is 67.0 Å². The van der Waals surface area contributed by atoms with Gasteiger partial charge in [0.25, 0.3) is 6.47 Å². The first-order valence-electron chi connectivity index (χ1n) is 6.34. The Hall–Kier alpha value is -1.36. The summed E-state index contributed by atoms with van der Waals surface area (Å²) < 4.78 is 4.55. The van der Waals surface area contributed by atoms with Gasteiger partial charge in [0, 0.05) is 6.20 Å². The van der Waals surface area contributed by atoms with Crippen LogP contribution in [0.3, 0.4) is 0 Å². The Kier molecular flexibility index (Phi) is 5.85. The van der Waals surface area contributed by atoms with E-state index in [4.69, 9.17) is 0 Å². The number of ether oxygens (including phenoxy) is 1. The zero-order valence-electron chi connectivity index (χ0n) is 11.4. The van der Waals surface area contributed by atoms with Crippen LogP contribution < -0.4 is 5.32 Å². The zero-order chi connectivity index (χ0) is 13.4. The lowest BCUT2D eigenvalue weighted by Gasteiger charge is -2.20. The van der Waals surface area contributed by atoms with Crippen LogP contribution in [0.25, 0.3) is 0 Å². The summed E-state index contributed by atoms with van der Waals surface area (Å²) in [6.07, 6.45) is 6.45.